The lowest BCUT2D eigenvalue weighted by molar-refractivity contribution is 0.0972. The molecule has 4 nitrogen and oxygen atoms in total. The van der Waals surface area contributed by atoms with Gasteiger partial charge in [-0.3, -0.25) is 4.79 Å². The first-order valence-electron chi connectivity index (χ1n) is 7.22. The van der Waals surface area contributed by atoms with E-state index in [9.17, 15) is 13.2 Å². The number of benzene rings is 1. The van der Waals surface area contributed by atoms with Crippen LogP contribution in [0.2, 0.25) is 0 Å². The standard InChI is InChI=1S/C16H22O4S/c1-16(2,3)21(18,19)10-9-20-13-7-8-14-12(11-13)5-4-6-15(14)17/h7-8,11H,4-6,9-10H2,1-3H3. The third-order valence-electron chi connectivity index (χ3n) is 3.78. The van der Waals surface area contributed by atoms with Crippen molar-refractivity contribution in [2.45, 2.75) is 44.8 Å². The van der Waals surface area contributed by atoms with Crippen LogP contribution < -0.4 is 4.74 Å². The highest BCUT2D eigenvalue weighted by Gasteiger charge is 2.28. The Bertz CT molecular complexity index is 639. The zero-order valence-corrected chi connectivity index (χ0v) is 13.6. The van der Waals surface area contributed by atoms with Crippen LogP contribution in [0, 0.1) is 0 Å². The van der Waals surface area contributed by atoms with Crippen LogP contribution in [-0.2, 0) is 16.3 Å². The third kappa shape index (κ3) is 3.64. The number of ether oxygens (including phenoxy) is 1. The fourth-order valence-corrected chi connectivity index (χ4v) is 3.20. The largest absolute Gasteiger partial charge is 0.493 e. The number of hydrogen-bond donors (Lipinski definition) is 0. The Morgan fingerprint density at radius 3 is 2.57 bits per heavy atom. The van der Waals surface area contributed by atoms with Gasteiger partial charge in [-0.2, -0.15) is 0 Å². The first-order chi connectivity index (χ1) is 9.71. The van der Waals surface area contributed by atoms with Gasteiger partial charge in [0, 0.05) is 12.0 Å². The summed E-state index contributed by atoms with van der Waals surface area (Å²) in [4.78, 5) is 11.7. The zero-order chi connectivity index (χ0) is 15.7. The van der Waals surface area contributed by atoms with Crippen LogP contribution in [0.1, 0.15) is 49.5 Å². The Balaban J connectivity index is 2.01. The highest BCUT2D eigenvalue weighted by Crippen LogP contribution is 2.25. The lowest BCUT2D eigenvalue weighted by Crippen LogP contribution is -2.32. The van der Waals surface area contributed by atoms with Crippen molar-refractivity contribution in [2.24, 2.45) is 0 Å². The smallest absolute Gasteiger partial charge is 0.163 e. The van der Waals surface area contributed by atoms with Gasteiger partial charge in [-0.15, -0.1) is 0 Å². The van der Waals surface area contributed by atoms with Crippen LogP contribution in [0.5, 0.6) is 5.75 Å². The second-order valence-electron chi connectivity index (χ2n) is 6.38. The van der Waals surface area contributed by atoms with Crippen molar-refractivity contribution in [3.05, 3.63) is 29.3 Å². The number of Topliss-reactive ketones (excluding diaryl/α,β-unsaturated/α-hetero) is 1. The first kappa shape index (κ1) is 16.0. The van der Waals surface area contributed by atoms with E-state index in [1.165, 1.54) is 0 Å². The monoisotopic (exact) mass is 310 g/mol. The molecule has 0 aromatic heterocycles. The van der Waals surface area contributed by atoms with E-state index in [-0.39, 0.29) is 18.1 Å². The Hall–Kier alpha value is -1.36. The predicted octanol–water partition coefficient (Wildman–Crippen LogP) is 2.80. The molecule has 0 atom stereocenters. The molecule has 2 rings (SSSR count). The first-order valence-corrected chi connectivity index (χ1v) is 8.87. The van der Waals surface area contributed by atoms with Gasteiger partial charge in [0.2, 0.25) is 0 Å². The van der Waals surface area contributed by atoms with Crippen molar-refractivity contribution in [1.29, 1.82) is 0 Å². The summed E-state index contributed by atoms with van der Waals surface area (Å²) in [6, 6.07) is 5.38. The summed E-state index contributed by atoms with van der Waals surface area (Å²) in [5.74, 6) is 0.803. The summed E-state index contributed by atoms with van der Waals surface area (Å²) in [7, 11) is -3.17. The Kier molecular flexibility index (Phi) is 4.42. The lowest BCUT2D eigenvalue weighted by Gasteiger charge is -2.19. The average Bonchev–Trinajstić information content (AvgIpc) is 2.37. The minimum absolute atomic E-state index is 0.00743. The van der Waals surface area contributed by atoms with Crippen LogP contribution in [0.3, 0.4) is 0 Å². The summed E-state index contributed by atoms with van der Waals surface area (Å²) in [5, 5.41) is 0. The normalized spacial score (nSPS) is 15.7. The van der Waals surface area contributed by atoms with E-state index in [1.54, 1.807) is 32.9 Å². The van der Waals surface area contributed by atoms with Crippen LogP contribution in [0.25, 0.3) is 0 Å². The molecule has 0 spiro atoms. The summed E-state index contributed by atoms with van der Waals surface area (Å²) in [6.07, 6.45) is 2.35. The number of sulfone groups is 1. The predicted molar refractivity (Wildman–Crippen MR) is 82.7 cm³/mol. The molecule has 0 fully saturated rings. The minimum Gasteiger partial charge on any atom is -0.493 e. The molecule has 0 aliphatic heterocycles. The third-order valence-corrected chi connectivity index (χ3v) is 6.35. The molecule has 0 heterocycles. The Morgan fingerprint density at radius 2 is 1.90 bits per heavy atom. The minimum atomic E-state index is -3.17. The number of rotatable bonds is 4. The molecule has 116 valence electrons. The number of hydrogen-bond acceptors (Lipinski definition) is 4. The van der Waals surface area contributed by atoms with Gasteiger partial charge in [-0.05, 0) is 57.4 Å². The Labute approximate surface area is 126 Å². The molecule has 1 aliphatic rings. The van der Waals surface area contributed by atoms with E-state index < -0.39 is 14.6 Å². The molecule has 0 radical (unpaired) electrons. The second kappa shape index (κ2) is 5.79. The van der Waals surface area contributed by atoms with Gasteiger partial charge in [0.05, 0.1) is 10.5 Å². The number of aryl methyl sites for hydroxylation is 1. The van der Waals surface area contributed by atoms with Crippen molar-refractivity contribution in [1.82, 2.24) is 0 Å². The fourth-order valence-electron chi connectivity index (χ4n) is 2.29. The number of carbonyl (C=O) groups is 1. The molecular formula is C16H22O4S. The van der Waals surface area contributed by atoms with Crippen LogP contribution in [-0.4, -0.2) is 31.3 Å². The van der Waals surface area contributed by atoms with Gasteiger partial charge >= 0.3 is 0 Å². The number of fused-ring (bicyclic) bond motifs is 1. The fraction of sp³-hybridized carbons (Fsp3) is 0.562. The van der Waals surface area contributed by atoms with Crippen LogP contribution >= 0.6 is 0 Å². The highest BCUT2D eigenvalue weighted by atomic mass is 32.2. The highest BCUT2D eigenvalue weighted by molar-refractivity contribution is 7.92. The molecular weight excluding hydrogens is 288 g/mol. The van der Waals surface area contributed by atoms with Crippen molar-refractivity contribution in [3.8, 4) is 5.75 Å². The maximum Gasteiger partial charge on any atom is 0.163 e. The van der Waals surface area contributed by atoms with Crippen molar-refractivity contribution in [2.75, 3.05) is 12.4 Å². The van der Waals surface area contributed by atoms with E-state index in [1.807, 2.05) is 6.07 Å². The summed E-state index contributed by atoms with van der Waals surface area (Å²) < 4.78 is 28.8. The number of ketones is 1. The topological polar surface area (TPSA) is 60.4 Å². The molecule has 1 aromatic carbocycles. The van der Waals surface area contributed by atoms with E-state index in [0.717, 1.165) is 24.0 Å². The molecule has 1 aliphatic carbocycles. The summed E-state index contributed by atoms with van der Waals surface area (Å²) in [5.41, 5.74) is 1.78. The second-order valence-corrected chi connectivity index (χ2v) is 9.24. The summed E-state index contributed by atoms with van der Waals surface area (Å²) in [6.45, 7) is 5.19. The summed E-state index contributed by atoms with van der Waals surface area (Å²) >= 11 is 0. The molecule has 0 bridgehead atoms. The van der Waals surface area contributed by atoms with Crippen molar-refractivity contribution < 1.29 is 17.9 Å². The van der Waals surface area contributed by atoms with Gasteiger partial charge in [0.15, 0.2) is 15.6 Å². The SMILES string of the molecule is CC(C)(C)S(=O)(=O)CCOc1ccc2c(c1)CCCC2=O. The average molecular weight is 310 g/mol. The van der Waals surface area contributed by atoms with Crippen molar-refractivity contribution in [3.63, 3.8) is 0 Å². The molecule has 0 unspecified atom stereocenters. The van der Waals surface area contributed by atoms with E-state index >= 15 is 0 Å². The maximum atomic E-state index is 12.0. The van der Waals surface area contributed by atoms with Gasteiger partial charge in [-0.25, -0.2) is 8.42 Å². The van der Waals surface area contributed by atoms with E-state index in [2.05, 4.69) is 0 Å². The van der Waals surface area contributed by atoms with Gasteiger partial charge in [0.1, 0.15) is 12.4 Å². The molecule has 0 saturated carbocycles. The maximum absolute atomic E-state index is 12.0. The van der Waals surface area contributed by atoms with Gasteiger partial charge < -0.3 is 4.74 Å². The molecule has 21 heavy (non-hydrogen) atoms. The lowest BCUT2D eigenvalue weighted by atomic mass is 9.91. The van der Waals surface area contributed by atoms with Crippen LogP contribution in [0.4, 0.5) is 0 Å². The Morgan fingerprint density at radius 1 is 1.19 bits per heavy atom. The van der Waals surface area contributed by atoms with E-state index in [0.29, 0.717) is 12.2 Å². The van der Waals surface area contributed by atoms with E-state index in [4.69, 9.17) is 4.74 Å². The zero-order valence-electron chi connectivity index (χ0n) is 12.8. The molecule has 0 N–H and O–H groups in total. The molecule has 1 aromatic rings. The number of carbonyl (C=O) groups excluding carboxylic acids is 1. The molecule has 5 heteroatoms. The quantitative estimate of drug-likeness (QED) is 0.858. The van der Waals surface area contributed by atoms with Gasteiger partial charge in [-0.1, -0.05) is 0 Å². The molecule has 0 amide bonds. The van der Waals surface area contributed by atoms with Crippen molar-refractivity contribution >= 4 is 15.6 Å². The molecule has 0 saturated heterocycles. The van der Waals surface area contributed by atoms with Gasteiger partial charge in [0.25, 0.3) is 0 Å². The van der Waals surface area contributed by atoms with Crippen LogP contribution in [0.15, 0.2) is 18.2 Å².